The smallest absolute Gasteiger partial charge is 0.441 e. The predicted molar refractivity (Wildman–Crippen MR) is 70.4 cm³/mol. The van der Waals surface area contributed by atoms with Crippen LogP contribution in [0.2, 0.25) is 0 Å². The van der Waals surface area contributed by atoms with Gasteiger partial charge in [-0.1, -0.05) is 23.9 Å². The molecule has 108 valence electrons. The lowest BCUT2D eigenvalue weighted by Crippen LogP contribution is -2.12. The molecule has 19 heavy (non-hydrogen) atoms. The molecular weight excluding hydrogens is 277 g/mol. The SMILES string of the molecule is COc1ccc(CC(CO)CCSC(F)(F)F)cc1. The van der Waals surface area contributed by atoms with Gasteiger partial charge >= 0.3 is 5.51 Å². The summed E-state index contributed by atoms with van der Waals surface area (Å²) in [5.74, 6) is 0.561. The van der Waals surface area contributed by atoms with Crippen molar-refractivity contribution in [1.82, 2.24) is 0 Å². The van der Waals surface area contributed by atoms with Crippen molar-refractivity contribution >= 4 is 11.8 Å². The number of ether oxygens (including phenoxy) is 1. The first-order valence-electron chi connectivity index (χ1n) is 5.89. The minimum absolute atomic E-state index is 0.0229. The van der Waals surface area contributed by atoms with Crippen LogP contribution in [0.3, 0.4) is 0 Å². The first-order valence-corrected chi connectivity index (χ1v) is 6.87. The monoisotopic (exact) mass is 294 g/mol. The molecule has 6 heteroatoms. The molecule has 0 aromatic heterocycles. The van der Waals surface area contributed by atoms with Gasteiger partial charge in [-0.3, -0.25) is 0 Å². The summed E-state index contributed by atoms with van der Waals surface area (Å²) in [6.07, 6.45) is 0.908. The van der Waals surface area contributed by atoms with E-state index in [0.717, 1.165) is 11.3 Å². The first-order chi connectivity index (χ1) is 8.94. The largest absolute Gasteiger partial charge is 0.497 e. The molecule has 0 spiro atoms. The average Bonchev–Trinajstić information content (AvgIpc) is 2.37. The van der Waals surface area contributed by atoms with Crippen molar-refractivity contribution in [3.63, 3.8) is 0 Å². The Morgan fingerprint density at radius 1 is 1.26 bits per heavy atom. The zero-order chi connectivity index (χ0) is 14.3. The lowest BCUT2D eigenvalue weighted by Gasteiger charge is -2.14. The standard InChI is InChI=1S/C13H17F3O2S/c1-18-12-4-2-10(3-5-12)8-11(9-17)6-7-19-13(14,15)16/h2-5,11,17H,6-9H2,1H3. The van der Waals surface area contributed by atoms with Crippen LogP contribution in [0.5, 0.6) is 5.75 Å². The van der Waals surface area contributed by atoms with E-state index in [1.54, 1.807) is 19.2 Å². The van der Waals surface area contributed by atoms with Gasteiger partial charge in [0, 0.05) is 12.4 Å². The summed E-state index contributed by atoms with van der Waals surface area (Å²) in [6, 6.07) is 7.32. The topological polar surface area (TPSA) is 29.5 Å². The van der Waals surface area contributed by atoms with Gasteiger partial charge in [-0.15, -0.1) is 0 Å². The third-order valence-corrected chi connectivity index (χ3v) is 3.50. The Morgan fingerprint density at radius 2 is 1.89 bits per heavy atom. The van der Waals surface area contributed by atoms with E-state index >= 15 is 0 Å². The van der Waals surface area contributed by atoms with Crippen molar-refractivity contribution < 1.29 is 23.0 Å². The molecule has 1 unspecified atom stereocenters. The van der Waals surface area contributed by atoms with E-state index < -0.39 is 5.51 Å². The van der Waals surface area contributed by atoms with Crippen molar-refractivity contribution in [3.8, 4) is 5.75 Å². The molecule has 1 aromatic carbocycles. The Bertz CT molecular complexity index is 365. The van der Waals surface area contributed by atoms with Crippen LogP contribution in [0.4, 0.5) is 13.2 Å². The molecule has 0 fully saturated rings. The summed E-state index contributed by atoms with van der Waals surface area (Å²) in [5.41, 5.74) is -3.21. The summed E-state index contributed by atoms with van der Waals surface area (Å²) in [5, 5.41) is 9.20. The molecule has 0 heterocycles. The molecule has 0 radical (unpaired) electrons. The van der Waals surface area contributed by atoms with Gasteiger partial charge in [0.05, 0.1) is 7.11 Å². The maximum absolute atomic E-state index is 12.0. The van der Waals surface area contributed by atoms with Crippen LogP contribution >= 0.6 is 11.8 Å². The highest BCUT2D eigenvalue weighted by Gasteiger charge is 2.28. The number of aliphatic hydroxyl groups is 1. The molecule has 0 saturated carbocycles. The minimum Gasteiger partial charge on any atom is -0.497 e. The fraction of sp³-hybridized carbons (Fsp3) is 0.538. The number of hydrogen-bond acceptors (Lipinski definition) is 3. The molecule has 0 aliphatic carbocycles. The van der Waals surface area contributed by atoms with E-state index in [1.807, 2.05) is 12.1 Å². The molecule has 1 aromatic rings. The fourth-order valence-corrected chi connectivity index (χ4v) is 2.38. The Balaban J connectivity index is 2.42. The molecule has 1 atom stereocenters. The summed E-state index contributed by atoms with van der Waals surface area (Å²) in [6.45, 7) is -0.107. The fourth-order valence-electron chi connectivity index (χ4n) is 1.69. The molecule has 0 aliphatic rings. The number of benzene rings is 1. The van der Waals surface area contributed by atoms with Crippen molar-refractivity contribution in [1.29, 1.82) is 0 Å². The number of hydrogen-bond donors (Lipinski definition) is 1. The van der Waals surface area contributed by atoms with Gasteiger partial charge in [-0.2, -0.15) is 13.2 Å². The lowest BCUT2D eigenvalue weighted by molar-refractivity contribution is -0.0328. The number of alkyl halides is 3. The summed E-state index contributed by atoms with van der Waals surface area (Å²) in [4.78, 5) is 0. The van der Waals surface area contributed by atoms with Crippen LogP contribution in [-0.4, -0.2) is 30.1 Å². The second-order valence-corrected chi connectivity index (χ2v) is 5.34. The van der Waals surface area contributed by atoms with Crippen molar-refractivity contribution in [2.24, 2.45) is 5.92 Å². The summed E-state index contributed by atoms with van der Waals surface area (Å²) < 4.78 is 41.0. The van der Waals surface area contributed by atoms with Crippen LogP contribution in [0.25, 0.3) is 0 Å². The van der Waals surface area contributed by atoms with E-state index in [9.17, 15) is 18.3 Å². The highest BCUT2D eigenvalue weighted by molar-refractivity contribution is 8.00. The van der Waals surface area contributed by atoms with Gasteiger partial charge in [-0.05, 0) is 36.5 Å². The lowest BCUT2D eigenvalue weighted by atomic mass is 9.98. The highest BCUT2D eigenvalue weighted by Crippen LogP contribution is 2.31. The Labute approximate surface area is 115 Å². The van der Waals surface area contributed by atoms with E-state index in [2.05, 4.69) is 0 Å². The zero-order valence-corrected chi connectivity index (χ0v) is 11.4. The first kappa shape index (κ1) is 16.2. The molecule has 0 aliphatic heterocycles. The Kier molecular flexibility index (Phi) is 6.51. The average molecular weight is 294 g/mol. The maximum atomic E-state index is 12.0. The third-order valence-electron chi connectivity index (χ3n) is 2.73. The van der Waals surface area contributed by atoms with Crippen LogP contribution in [-0.2, 0) is 6.42 Å². The highest BCUT2D eigenvalue weighted by atomic mass is 32.2. The van der Waals surface area contributed by atoms with Gasteiger partial charge in [0.2, 0.25) is 0 Å². The minimum atomic E-state index is -4.19. The van der Waals surface area contributed by atoms with Crippen molar-refractivity contribution in [2.75, 3.05) is 19.5 Å². The van der Waals surface area contributed by atoms with Crippen molar-refractivity contribution in [3.05, 3.63) is 29.8 Å². The van der Waals surface area contributed by atoms with Gasteiger partial charge in [-0.25, -0.2) is 0 Å². The van der Waals surface area contributed by atoms with Crippen LogP contribution in [0.1, 0.15) is 12.0 Å². The molecule has 1 rings (SSSR count). The summed E-state index contributed by atoms with van der Waals surface area (Å²) in [7, 11) is 1.57. The van der Waals surface area contributed by atoms with Gasteiger partial charge in [0.15, 0.2) is 0 Å². The predicted octanol–water partition coefficient (Wildman–Crippen LogP) is 3.49. The Morgan fingerprint density at radius 3 is 2.37 bits per heavy atom. The second kappa shape index (κ2) is 7.65. The van der Waals surface area contributed by atoms with E-state index in [4.69, 9.17) is 4.74 Å². The second-order valence-electron chi connectivity index (χ2n) is 4.18. The van der Waals surface area contributed by atoms with Gasteiger partial charge < -0.3 is 9.84 Å². The number of thioether (sulfide) groups is 1. The molecule has 0 bridgehead atoms. The van der Waals surface area contributed by atoms with E-state index in [-0.39, 0.29) is 30.0 Å². The number of rotatable bonds is 7. The quantitative estimate of drug-likeness (QED) is 0.834. The molecule has 0 saturated heterocycles. The van der Waals surface area contributed by atoms with Gasteiger partial charge in [0.1, 0.15) is 5.75 Å². The van der Waals surface area contributed by atoms with E-state index in [1.165, 1.54) is 0 Å². The normalized spacial score (nSPS) is 13.3. The zero-order valence-electron chi connectivity index (χ0n) is 10.6. The van der Waals surface area contributed by atoms with Crippen LogP contribution in [0, 0.1) is 5.92 Å². The molecular formula is C13H17F3O2S. The summed E-state index contributed by atoms with van der Waals surface area (Å²) >= 11 is -0.0372. The van der Waals surface area contributed by atoms with Crippen LogP contribution < -0.4 is 4.74 Å². The number of halogens is 3. The molecule has 1 N–H and O–H groups in total. The number of methoxy groups -OCH3 is 1. The Hall–Kier alpha value is -0.880. The van der Waals surface area contributed by atoms with Crippen LogP contribution in [0.15, 0.2) is 24.3 Å². The third kappa shape index (κ3) is 6.73. The number of aliphatic hydroxyl groups excluding tert-OH is 1. The molecule has 2 nitrogen and oxygen atoms in total. The van der Waals surface area contributed by atoms with Crippen molar-refractivity contribution in [2.45, 2.75) is 18.3 Å². The maximum Gasteiger partial charge on any atom is 0.441 e. The molecule has 0 amide bonds. The van der Waals surface area contributed by atoms with Gasteiger partial charge in [0.25, 0.3) is 0 Å². The van der Waals surface area contributed by atoms with E-state index in [0.29, 0.717) is 12.8 Å².